The second-order valence-corrected chi connectivity index (χ2v) is 11.7. The van der Waals surface area contributed by atoms with Crippen LogP contribution in [0.3, 0.4) is 0 Å². The minimum absolute atomic E-state index is 0.0377. The molecular formula is C21H44N2O4S. The number of rotatable bonds is 14. The van der Waals surface area contributed by atoms with Crippen molar-refractivity contribution < 1.29 is 18.5 Å². The molecule has 28 heavy (non-hydrogen) atoms. The lowest BCUT2D eigenvalue weighted by Gasteiger charge is -2.33. The van der Waals surface area contributed by atoms with E-state index in [1.807, 2.05) is 0 Å². The van der Waals surface area contributed by atoms with Crippen LogP contribution in [0, 0.1) is 16.7 Å². The Morgan fingerprint density at radius 2 is 1.64 bits per heavy atom. The second-order valence-electron chi connectivity index (χ2n) is 10.3. The molecular weight excluding hydrogens is 376 g/mol. The van der Waals surface area contributed by atoms with Gasteiger partial charge in [0.25, 0.3) is 0 Å². The van der Waals surface area contributed by atoms with E-state index in [0.717, 1.165) is 6.42 Å². The van der Waals surface area contributed by atoms with E-state index in [0.29, 0.717) is 38.0 Å². The van der Waals surface area contributed by atoms with E-state index in [9.17, 15) is 9.00 Å². The Balaban J connectivity index is 4.46. The Kier molecular flexibility index (Phi) is 11.4. The van der Waals surface area contributed by atoms with Crippen molar-refractivity contribution in [2.45, 2.75) is 67.0 Å². The monoisotopic (exact) mass is 420 g/mol. The Labute approximate surface area is 175 Å². The summed E-state index contributed by atoms with van der Waals surface area (Å²) in [7, 11) is 0.943. The molecule has 7 heteroatoms. The maximum Gasteiger partial charge on any atom is 0.226 e. The molecule has 0 aliphatic carbocycles. The lowest BCUT2D eigenvalue weighted by molar-refractivity contribution is -0.139. The van der Waals surface area contributed by atoms with Crippen LogP contribution in [0.5, 0.6) is 0 Å². The lowest BCUT2D eigenvalue weighted by atomic mass is 9.93. The van der Waals surface area contributed by atoms with E-state index in [-0.39, 0.29) is 23.2 Å². The number of ether oxygens (including phenoxy) is 2. The number of carbonyl (C=O) groups excluding carboxylic acids is 1. The van der Waals surface area contributed by atoms with Gasteiger partial charge in [0.2, 0.25) is 5.91 Å². The third-order valence-corrected chi connectivity index (χ3v) is 5.49. The molecule has 0 rings (SSSR count). The summed E-state index contributed by atoms with van der Waals surface area (Å²) in [5.74, 6) is 1.11. The third-order valence-electron chi connectivity index (χ3n) is 4.30. The Bertz CT molecular complexity index is 505. The molecule has 0 aromatic rings. The molecule has 0 heterocycles. The van der Waals surface area contributed by atoms with Crippen LogP contribution in [0.15, 0.2) is 0 Å². The first-order chi connectivity index (χ1) is 12.6. The van der Waals surface area contributed by atoms with Gasteiger partial charge in [-0.25, -0.2) is 0 Å². The summed E-state index contributed by atoms with van der Waals surface area (Å²) in [6.07, 6.45) is 2.78. The topological polar surface area (TPSA) is 81.9 Å². The van der Waals surface area contributed by atoms with Crippen molar-refractivity contribution in [1.29, 1.82) is 0 Å². The minimum Gasteiger partial charge on any atom is -0.380 e. The summed E-state index contributed by atoms with van der Waals surface area (Å²) in [5.41, 5.74) is 4.86. The first-order valence-corrected chi connectivity index (χ1v) is 11.8. The lowest BCUT2D eigenvalue weighted by Crippen LogP contribution is -2.47. The first-order valence-electron chi connectivity index (χ1n) is 10.1. The summed E-state index contributed by atoms with van der Waals surface area (Å²) in [4.78, 5) is 14.3. The molecule has 0 aromatic carbocycles. The van der Waals surface area contributed by atoms with E-state index in [2.05, 4.69) is 41.5 Å². The molecule has 0 saturated heterocycles. The second kappa shape index (κ2) is 11.6. The molecule has 6 nitrogen and oxygen atoms in total. The average molecular weight is 421 g/mol. The Morgan fingerprint density at radius 3 is 2.14 bits per heavy atom. The van der Waals surface area contributed by atoms with E-state index in [1.54, 1.807) is 25.1 Å². The molecule has 0 aliphatic heterocycles. The van der Waals surface area contributed by atoms with Crippen molar-refractivity contribution in [3.63, 3.8) is 0 Å². The molecule has 2 atom stereocenters. The molecule has 2 N–H and O–H groups in total. The fourth-order valence-corrected chi connectivity index (χ4v) is 4.17. The zero-order valence-electron chi connectivity index (χ0n) is 19.6. The summed E-state index contributed by atoms with van der Waals surface area (Å²) in [6.45, 7) is 16.4. The summed E-state index contributed by atoms with van der Waals surface area (Å²) >= 11 is 0. The molecule has 2 unspecified atom stereocenters. The fraction of sp³-hybridized carbons (Fsp3) is 0.952. The molecule has 0 fully saturated rings. The van der Waals surface area contributed by atoms with E-state index in [1.165, 1.54) is 0 Å². The summed E-state index contributed by atoms with van der Waals surface area (Å²) in [6, 6.07) is 0. The van der Waals surface area contributed by atoms with E-state index in [4.69, 9.17) is 15.2 Å². The summed E-state index contributed by atoms with van der Waals surface area (Å²) in [5, 5.41) is 0. The van der Waals surface area contributed by atoms with Crippen molar-refractivity contribution in [2.75, 3.05) is 45.4 Å². The maximum atomic E-state index is 12.6. The van der Waals surface area contributed by atoms with Crippen molar-refractivity contribution >= 4 is 16.7 Å². The van der Waals surface area contributed by atoms with Gasteiger partial charge in [-0.05, 0) is 24.7 Å². The van der Waals surface area contributed by atoms with Crippen LogP contribution in [-0.4, -0.2) is 66.2 Å². The zero-order chi connectivity index (χ0) is 22.2. The molecule has 0 saturated carbocycles. The molecule has 1 amide bonds. The van der Waals surface area contributed by atoms with Crippen LogP contribution in [0.4, 0.5) is 0 Å². The minimum atomic E-state index is -0.958. The fourth-order valence-electron chi connectivity index (χ4n) is 2.99. The zero-order valence-corrected chi connectivity index (χ0v) is 20.4. The number of nitrogens with zero attached hydrogens (tertiary/aromatic N) is 1. The molecule has 0 radical (unpaired) electrons. The van der Waals surface area contributed by atoms with Gasteiger partial charge in [0.05, 0.1) is 19.6 Å². The number of carbonyl (C=O) groups is 1. The van der Waals surface area contributed by atoms with Crippen LogP contribution < -0.4 is 5.73 Å². The highest BCUT2D eigenvalue weighted by Crippen LogP contribution is 2.22. The SMILES string of the molecule is CC(C)CCOC(C)(N)CC(=O)N(C)CC(C)(C)COCC(C)(C)CS(C)=O. The van der Waals surface area contributed by atoms with Crippen LogP contribution in [0.1, 0.15) is 61.3 Å². The van der Waals surface area contributed by atoms with Crippen molar-refractivity contribution in [2.24, 2.45) is 22.5 Å². The highest BCUT2D eigenvalue weighted by atomic mass is 32.2. The van der Waals surface area contributed by atoms with Gasteiger partial charge in [-0.1, -0.05) is 41.5 Å². The van der Waals surface area contributed by atoms with Crippen molar-refractivity contribution in [3.8, 4) is 0 Å². The Morgan fingerprint density at radius 1 is 1.11 bits per heavy atom. The van der Waals surface area contributed by atoms with Gasteiger partial charge in [-0.15, -0.1) is 0 Å². The molecule has 0 aliphatic rings. The van der Waals surface area contributed by atoms with E-state index >= 15 is 0 Å². The van der Waals surface area contributed by atoms with E-state index < -0.39 is 16.5 Å². The Hall–Kier alpha value is -0.500. The van der Waals surface area contributed by atoms with Gasteiger partial charge in [-0.2, -0.15) is 0 Å². The highest BCUT2D eigenvalue weighted by Gasteiger charge is 2.29. The number of hydrogen-bond acceptors (Lipinski definition) is 5. The van der Waals surface area contributed by atoms with Gasteiger partial charge in [0, 0.05) is 48.4 Å². The van der Waals surface area contributed by atoms with Crippen LogP contribution in [-0.2, 0) is 25.1 Å². The van der Waals surface area contributed by atoms with Crippen LogP contribution >= 0.6 is 0 Å². The third kappa shape index (κ3) is 13.6. The van der Waals surface area contributed by atoms with Gasteiger partial charge in [0.15, 0.2) is 0 Å². The standard InChI is InChI=1S/C21H44N2O4S/c1-17(2)10-11-27-21(7,22)12-18(24)23(8)13-19(3,4)14-26-15-20(5,6)16-28(9)25/h17H,10-16,22H2,1-9H3. The van der Waals surface area contributed by atoms with Gasteiger partial charge >= 0.3 is 0 Å². The highest BCUT2D eigenvalue weighted by molar-refractivity contribution is 7.84. The van der Waals surface area contributed by atoms with Gasteiger partial charge in [0.1, 0.15) is 5.72 Å². The largest absolute Gasteiger partial charge is 0.380 e. The van der Waals surface area contributed by atoms with Crippen molar-refractivity contribution in [3.05, 3.63) is 0 Å². The van der Waals surface area contributed by atoms with Gasteiger partial charge < -0.3 is 20.1 Å². The quantitative estimate of drug-likeness (QED) is 0.437. The maximum absolute atomic E-state index is 12.6. The van der Waals surface area contributed by atoms with Crippen LogP contribution in [0.25, 0.3) is 0 Å². The first kappa shape index (κ1) is 27.5. The number of amides is 1. The average Bonchev–Trinajstić information content (AvgIpc) is 2.43. The van der Waals surface area contributed by atoms with Crippen LogP contribution in [0.2, 0.25) is 0 Å². The normalized spacial score (nSPS) is 16.1. The predicted molar refractivity (Wildman–Crippen MR) is 118 cm³/mol. The number of hydrogen-bond donors (Lipinski definition) is 1. The number of nitrogens with two attached hydrogens (primary N) is 1. The van der Waals surface area contributed by atoms with Crippen molar-refractivity contribution in [1.82, 2.24) is 4.90 Å². The molecule has 168 valence electrons. The molecule has 0 spiro atoms. The van der Waals surface area contributed by atoms with Gasteiger partial charge in [-0.3, -0.25) is 9.00 Å². The summed E-state index contributed by atoms with van der Waals surface area (Å²) < 4.78 is 23.0. The molecule has 0 bridgehead atoms. The molecule has 0 aromatic heterocycles. The predicted octanol–water partition coefficient (Wildman–Crippen LogP) is 3.02. The smallest absolute Gasteiger partial charge is 0.226 e.